The van der Waals surface area contributed by atoms with Gasteiger partial charge in [-0.3, -0.25) is 14.1 Å². The Kier molecular flexibility index (Phi) is 8.13. The molecule has 2 unspecified atom stereocenters. The van der Waals surface area contributed by atoms with E-state index in [-0.39, 0.29) is 27.0 Å². The van der Waals surface area contributed by atoms with Gasteiger partial charge in [-0.1, -0.05) is 62.4 Å². The molecule has 3 aromatic rings. The van der Waals surface area contributed by atoms with E-state index in [9.17, 15) is 25.9 Å². The fraction of sp³-hybridized carbons (Fsp3) is 0.276. The molecule has 39 heavy (non-hydrogen) atoms. The van der Waals surface area contributed by atoms with Crippen LogP contribution in [-0.4, -0.2) is 44.2 Å². The van der Waals surface area contributed by atoms with Gasteiger partial charge in [-0.25, -0.2) is 0 Å². The molecule has 1 aliphatic rings. The number of aliphatic imine (C=N–C) groups is 1. The van der Waals surface area contributed by atoms with Crippen LogP contribution in [0, 0.1) is 0 Å². The zero-order valence-electron chi connectivity index (χ0n) is 22.2. The van der Waals surface area contributed by atoms with Gasteiger partial charge in [0.2, 0.25) is 0 Å². The van der Waals surface area contributed by atoms with Crippen molar-refractivity contribution in [3.05, 3.63) is 82.9 Å². The van der Waals surface area contributed by atoms with Crippen molar-refractivity contribution in [1.82, 2.24) is 0 Å². The zero-order valence-corrected chi connectivity index (χ0v) is 23.9. The van der Waals surface area contributed by atoms with Crippen molar-refractivity contribution in [2.75, 3.05) is 11.4 Å². The first-order valence-electron chi connectivity index (χ1n) is 12.6. The van der Waals surface area contributed by atoms with Gasteiger partial charge in [0, 0.05) is 24.0 Å². The van der Waals surface area contributed by atoms with Gasteiger partial charge in [0.25, 0.3) is 20.2 Å². The number of nitrogens with zero attached hydrogens (tertiary/aromatic N) is 2. The molecule has 0 aromatic heterocycles. The fourth-order valence-electron chi connectivity index (χ4n) is 4.34. The SMILES string of the molecule is CCC(C)c1ccc(C(C)=Nc2ccc(/C=C/c3ccc(N4CC4C)cc3S(=O)(=O)O)c(S(=O)(=O)O)c2)cc1. The van der Waals surface area contributed by atoms with Crippen LogP contribution in [0.4, 0.5) is 11.4 Å². The Labute approximate surface area is 230 Å². The highest BCUT2D eigenvalue weighted by Gasteiger charge is 2.30. The third kappa shape index (κ3) is 6.83. The Hall–Kier alpha value is -3.31. The maximum atomic E-state index is 12.2. The minimum atomic E-state index is -4.63. The molecule has 0 saturated carbocycles. The summed E-state index contributed by atoms with van der Waals surface area (Å²) in [6.07, 6.45) is 3.79. The Balaban J connectivity index is 1.67. The highest BCUT2D eigenvalue weighted by Crippen LogP contribution is 2.32. The van der Waals surface area contributed by atoms with Crippen LogP contribution in [0.5, 0.6) is 0 Å². The molecule has 1 fully saturated rings. The van der Waals surface area contributed by atoms with E-state index < -0.39 is 20.2 Å². The van der Waals surface area contributed by atoms with E-state index in [0.29, 0.717) is 23.0 Å². The summed E-state index contributed by atoms with van der Waals surface area (Å²) in [5.41, 5.74) is 4.10. The summed E-state index contributed by atoms with van der Waals surface area (Å²) in [5, 5.41) is 0. The largest absolute Gasteiger partial charge is 0.365 e. The first kappa shape index (κ1) is 28.7. The minimum Gasteiger partial charge on any atom is -0.365 e. The molecule has 1 heterocycles. The maximum absolute atomic E-state index is 12.2. The molecule has 10 heteroatoms. The van der Waals surface area contributed by atoms with Crippen molar-refractivity contribution in [3.8, 4) is 0 Å². The molecule has 1 saturated heterocycles. The summed E-state index contributed by atoms with van der Waals surface area (Å²) in [6.45, 7) is 8.90. The van der Waals surface area contributed by atoms with Crippen molar-refractivity contribution >= 4 is 49.5 Å². The molecule has 2 atom stereocenters. The summed E-state index contributed by atoms with van der Waals surface area (Å²) in [7, 11) is -9.17. The Morgan fingerprint density at radius 1 is 0.949 bits per heavy atom. The highest BCUT2D eigenvalue weighted by atomic mass is 32.2. The van der Waals surface area contributed by atoms with Crippen molar-refractivity contribution in [2.45, 2.75) is 55.9 Å². The summed E-state index contributed by atoms with van der Waals surface area (Å²) in [6, 6.07) is 17.4. The molecule has 0 aliphatic carbocycles. The first-order chi connectivity index (χ1) is 18.3. The summed E-state index contributed by atoms with van der Waals surface area (Å²) in [4.78, 5) is 5.85. The Bertz CT molecular complexity index is 1660. The average molecular weight is 569 g/mol. The zero-order chi connectivity index (χ0) is 28.5. The number of benzene rings is 3. The third-order valence-electron chi connectivity index (χ3n) is 6.99. The lowest BCUT2D eigenvalue weighted by Crippen LogP contribution is -2.04. The van der Waals surface area contributed by atoms with Crippen molar-refractivity contribution < 1.29 is 25.9 Å². The van der Waals surface area contributed by atoms with Crippen molar-refractivity contribution in [2.24, 2.45) is 4.99 Å². The second-order valence-corrected chi connectivity index (χ2v) is 12.6. The summed E-state index contributed by atoms with van der Waals surface area (Å²) >= 11 is 0. The normalized spacial score (nSPS) is 17.0. The highest BCUT2D eigenvalue weighted by molar-refractivity contribution is 7.86. The standard InChI is InChI=1S/C29H32N2O6S2/c1-5-19(2)22-6-8-23(9-7-22)21(4)30-26-14-12-24(28(16-26)38(32,33)34)10-11-25-13-15-27(31-18-20(31)3)17-29(25)39(35,36)37/h6-17,19-20H,5,18H2,1-4H3,(H,32,33,34)(H,35,36,37)/b11-10+,30-21?. The Morgan fingerprint density at radius 3 is 2.00 bits per heavy atom. The quantitative estimate of drug-likeness (QED) is 0.136. The van der Waals surface area contributed by atoms with Crippen LogP contribution in [0.1, 0.15) is 62.3 Å². The first-order valence-corrected chi connectivity index (χ1v) is 15.5. The van der Waals surface area contributed by atoms with E-state index in [1.54, 1.807) is 18.2 Å². The predicted octanol–water partition coefficient (Wildman–Crippen LogP) is 6.21. The second kappa shape index (κ2) is 11.1. The van der Waals surface area contributed by atoms with Gasteiger partial charge in [0.15, 0.2) is 0 Å². The topological polar surface area (TPSA) is 124 Å². The molecule has 3 aromatic carbocycles. The minimum absolute atomic E-state index is 0.136. The van der Waals surface area contributed by atoms with Crippen molar-refractivity contribution in [3.63, 3.8) is 0 Å². The molecule has 0 radical (unpaired) electrons. The number of rotatable bonds is 9. The lowest BCUT2D eigenvalue weighted by Gasteiger charge is -2.10. The molecule has 1 aliphatic heterocycles. The molecule has 8 nitrogen and oxygen atoms in total. The average Bonchev–Trinajstić information content (AvgIpc) is 3.62. The van der Waals surface area contributed by atoms with Crippen LogP contribution in [0.3, 0.4) is 0 Å². The molecular weight excluding hydrogens is 536 g/mol. The number of anilines is 1. The van der Waals surface area contributed by atoms with E-state index in [0.717, 1.165) is 18.5 Å². The second-order valence-electron chi connectivity index (χ2n) is 9.86. The molecule has 0 amide bonds. The van der Waals surface area contributed by atoms with Crippen molar-refractivity contribution in [1.29, 1.82) is 0 Å². The molecule has 4 rings (SSSR count). The molecule has 206 valence electrons. The van der Waals surface area contributed by atoms with Crippen LogP contribution in [0.25, 0.3) is 12.2 Å². The van der Waals surface area contributed by atoms with E-state index in [1.165, 1.54) is 35.9 Å². The maximum Gasteiger partial charge on any atom is 0.295 e. The molecule has 0 spiro atoms. The van der Waals surface area contributed by atoms with Gasteiger partial charge in [-0.05, 0) is 72.7 Å². The predicted molar refractivity (Wildman–Crippen MR) is 155 cm³/mol. The number of hydrogen-bond acceptors (Lipinski definition) is 6. The monoisotopic (exact) mass is 568 g/mol. The molecular formula is C29H32N2O6S2. The van der Waals surface area contributed by atoms with Gasteiger partial charge < -0.3 is 4.90 Å². The van der Waals surface area contributed by atoms with Crippen LogP contribution >= 0.6 is 0 Å². The van der Waals surface area contributed by atoms with Gasteiger partial charge >= 0.3 is 0 Å². The smallest absolute Gasteiger partial charge is 0.295 e. The van der Waals surface area contributed by atoms with E-state index >= 15 is 0 Å². The van der Waals surface area contributed by atoms with Gasteiger partial charge in [0.1, 0.15) is 9.79 Å². The van der Waals surface area contributed by atoms with Crippen LogP contribution in [0.2, 0.25) is 0 Å². The van der Waals surface area contributed by atoms with Crippen LogP contribution in [0.15, 0.2) is 75.4 Å². The summed E-state index contributed by atoms with van der Waals surface area (Å²) < 4.78 is 68.2. The van der Waals surface area contributed by atoms with Crippen LogP contribution < -0.4 is 4.90 Å². The molecule has 0 bridgehead atoms. The van der Waals surface area contributed by atoms with E-state index in [2.05, 4.69) is 31.0 Å². The lowest BCUT2D eigenvalue weighted by atomic mass is 9.97. The van der Waals surface area contributed by atoms with Gasteiger partial charge in [0.05, 0.1) is 5.69 Å². The summed E-state index contributed by atoms with van der Waals surface area (Å²) in [5.74, 6) is 0.445. The van der Waals surface area contributed by atoms with E-state index in [4.69, 9.17) is 0 Å². The number of hydrogen-bond donors (Lipinski definition) is 2. The molecule has 2 N–H and O–H groups in total. The fourth-order valence-corrected chi connectivity index (χ4v) is 5.75. The van der Waals surface area contributed by atoms with Gasteiger partial charge in [-0.2, -0.15) is 16.8 Å². The Morgan fingerprint density at radius 2 is 1.49 bits per heavy atom. The third-order valence-corrected chi connectivity index (χ3v) is 8.81. The van der Waals surface area contributed by atoms with Gasteiger partial charge in [-0.15, -0.1) is 0 Å². The van der Waals surface area contributed by atoms with Crippen LogP contribution in [-0.2, 0) is 20.2 Å². The van der Waals surface area contributed by atoms with E-state index in [1.807, 2.05) is 30.9 Å². The lowest BCUT2D eigenvalue weighted by molar-refractivity contribution is 0.480.